The highest BCUT2D eigenvalue weighted by atomic mass is 31.2. The predicted molar refractivity (Wildman–Crippen MR) is 115 cm³/mol. The monoisotopic (exact) mass is 623 g/mol. The Morgan fingerprint density at radius 1 is 0.412 bits per heavy atom. The second kappa shape index (κ2) is 12.1. The van der Waals surface area contributed by atoms with E-state index in [1.54, 1.807) is 0 Å². The Morgan fingerprint density at radius 2 is 0.588 bits per heavy atom. The van der Waals surface area contributed by atoms with E-state index < -0.39 is 101 Å². The van der Waals surface area contributed by atoms with Crippen molar-refractivity contribution in [1.82, 2.24) is 4.90 Å². The topological polar surface area (TPSA) is 348 Å². The third kappa shape index (κ3) is 15.9. The number of rotatable bonds is 15. The Hall–Kier alpha value is 0.860. The summed E-state index contributed by atoms with van der Waals surface area (Å²) in [4.78, 5) is 112. The van der Waals surface area contributed by atoms with Crippen LogP contribution in [0.15, 0.2) is 0 Å². The summed E-state index contributed by atoms with van der Waals surface area (Å²) in [7, 11) is -31.7. The van der Waals surface area contributed by atoms with Crippen molar-refractivity contribution in [2.75, 3.05) is 38.1 Å². The summed E-state index contributed by atoms with van der Waals surface area (Å²) < 4.78 is 69.1. The van der Waals surface area contributed by atoms with Crippen LogP contribution in [0, 0.1) is 0 Å². The standard InChI is InChI=1S/C9H27NO18P6/c11-29(12,13)4-7(32(20,21)22)1-10(2-8(33(23,24)25)5-30(14,15)16)3-9(34(26,27)28)6-31(17,18)19/h7-9H,1-6H2,(H2,11,12,13)(H2,14,15,16)(H2,17,18,19)(H2,20,21,22)(H2,23,24,25)(H2,26,27,28). The largest absolute Gasteiger partial charge is 0.330 e. The maximum absolute atomic E-state index is 11.7. The van der Waals surface area contributed by atoms with Gasteiger partial charge in [-0.1, -0.05) is 0 Å². The van der Waals surface area contributed by atoms with Gasteiger partial charge in [-0.25, -0.2) is 0 Å². The first-order valence-electron chi connectivity index (χ1n) is 8.62. The van der Waals surface area contributed by atoms with E-state index in [1.807, 2.05) is 0 Å². The van der Waals surface area contributed by atoms with Crippen LogP contribution in [0.3, 0.4) is 0 Å². The van der Waals surface area contributed by atoms with Crippen LogP contribution >= 0.6 is 45.6 Å². The van der Waals surface area contributed by atoms with E-state index in [4.69, 9.17) is 29.4 Å². The molecular formula is C9H27NO18P6. The van der Waals surface area contributed by atoms with Gasteiger partial charge in [0, 0.05) is 19.6 Å². The van der Waals surface area contributed by atoms with E-state index in [0.29, 0.717) is 4.90 Å². The summed E-state index contributed by atoms with van der Waals surface area (Å²) in [6, 6.07) is 0. The minimum absolute atomic E-state index is 0.415. The van der Waals surface area contributed by atoms with E-state index >= 15 is 0 Å². The summed E-state index contributed by atoms with van der Waals surface area (Å²) in [6.45, 7) is -3.69. The van der Waals surface area contributed by atoms with Gasteiger partial charge in [0.25, 0.3) is 0 Å². The number of nitrogens with zero attached hydrogens (tertiary/aromatic N) is 1. The Balaban J connectivity index is 6.44. The molecule has 0 fully saturated rings. The third-order valence-corrected chi connectivity index (χ3v) is 11.7. The molecule has 0 saturated carbocycles. The second-order valence-electron chi connectivity index (χ2n) is 7.49. The fourth-order valence-electron chi connectivity index (χ4n) is 2.75. The van der Waals surface area contributed by atoms with Crippen LogP contribution in [0.2, 0.25) is 0 Å². The Morgan fingerprint density at radius 3 is 0.706 bits per heavy atom. The van der Waals surface area contributed by atoms with Crippen LogP contribution in [-0.4, -0.2) is 119 Å². The van der Waals surface area contributed by atoms with Gasteiger partial charge in [0.1, 0.15) is 0 Å². The molecule has 0 aliphatic carbocycles. The molecule has 0 radical (unpaired) electrons. The molecule has 0 spiro atoms. The SMILES string of the molecule is O=P(O)(O)CC(CN(CC(CP(=O)(O)O)P(=O)(O)O)CC(CP(=O)(O)O)P(=O)(O)O)P(=O)(O)O. The molecule has 0 aromatic carbocycles. The van der Waals surface area contributed by atoms with Gasteiger partial charge in [-0.05, 0) is 0 Å². The molecule has 25 heteroatoms. The lowest BCUT2D eigenvalue weighted by Crippen LogP contribution is -2.44. The minimum atomic E-state index is -5.41. The highest BCUT2D eigenvalue weighted by Gasteiger charge is 2.43. The summed E-state index contributed by atoms with van der Waals surface area (Å²) >= 11 is 0. The smallest absolute Gasteiger partial charge is 0.324 e. The van der Waals surface area contributed by atoms with Gasteiger partial charge >= 0.3 is 45.6 Å². The molecule has 0 amide bonds. The van der Waals surface area contributed by atoms with Crippen molar-refractivity contribution in [1.29, 1.82) is 0 Å². The van der Waals surface area contributed by atoms with Crippen molar-refractivity contribution in [3.8, 4) is 0 Å². The maximum atomic E-state index is 11.7. The van der Waals surface area contributed by atoms with Gasteiger partial charge in [0.15, 0.2) is 0 Å². The van der Waals surface area contributed by atoms with Crippen molar-refractivity contribution in [3.05, 3.63) is 0 Å². The minimum Gasteiger partial charge on any atom is -0.324 e. The Labute approximate surface area is 192 Å². The van der Waals surface area contributed by atoms with Crippen molar-refractivity contribution in [3.63, 3.8) is 0 Å². The molecule has 0 aromatic heterocycles. The zero-order valence-corrected chi connectivity index (χ0v) is 22.3. The van der Waals surface area contributed by atoms with Crippen molar-refractivity contribution < 1.29 is 86.1 Å². The van der Waals surface area contributed by atoms with Gasteiger partial charge in [0.2, 0.25) is 0 Å². The van der Waals surface area contributed by atoms with Gasteiger partial charge < -0.3 is 63.6 Å². The zero-order chi connectivity index (χ0) is 27.6. The number of hydrogen-bond acceptors (Lipinski definition) is 7. The van der Waals surface area contributed by atoms with Gasteiger partial charge in [-0.2, -0.15) is 0 Å². The van der Waals surface area contributed by atoms with Gasteiger partial charge in [0.05, 0.1) is 35.5 Å². The van der Waals surface area contributed by atoms with Crippen LogP contribution in [0.25, 0.3) is 0 Å². The highest BCUT2D eigenvalue weighted by molar-refractivity contribution is 7.57. The first-order valence-corrected chi connectivity index (χ1v) is 19.1. The van der Waals surface area contributed by atoms with Gasteiger partial charge in [-0.3, -0.25) is 27.4 Å². The van der Waals surface area contributed by atoms with Crippen LogP contribution in [0.5, 0.6) is 0 Å². The molecule has 0 rings (SSSR count). The second-order valence-corrected chi connectivity index (χ2v) is 18.3. The van der Waals surface area contributed by atoms with Crippen LogP contribution in [-0.2, 0) is 27.4 Å². The first-order chi connectivity index (χ1) is 14.6. The predicted octanol–water partition coefficient (Wildman–Crippen LogP) is -2.54. The Kier molecular flexibility index (Phi) is 12.5. The van der Waals surface area contributed by atoms with Crippen LogP contribution in [0.4, 0.5) is 0 Å². The normalized spacial score (nSPS) is 17.6. The van der Waals surface area contributed by atoms with Crippen LogP contribution in [0.1, 0.15) is 0 Å². The molecule has 0 aliphatic rings. The molecule has 3 atom stereocenters. The summed E-state index contributed by atoms with van der Waals surface area (Å²) in [5, 5.41) is 0. The number of hydrogen-bond donors (Lipinski definition) is 12. The van der Waals surface area contributed by atoms with E-state index in [2.05, 4.69) is 0 Å². The molecule has 0 heterocycles. The maximum Gasteiger partial charge on any atom is 0.330 e. The lowest BCUT2D eigenvalue weighted by atomic mass is 10.3. The quantitative estimate of drug-likeness (QED) is 0.0836. The Bertz CT molecular complexity index is 839. The molecule has 34 heavy (non-hydrogen) atoms. The van der Waals surface area contributed by atoms with Crippen molar-refractivity contribution >= 4 is 45.6 Å². The summed E-state index contributed by atoms with van der Waals surface area (Å²) in [5.74, 6) is 0. The summed E-state index contributed by atoms with van der Waals surface area (Å²) in [6.07, 6.45) is -4.52. The lowest BCUT2D eigenvalue weighted by Gasteiger charge is -2.34. The van der Waals surface area contributed by atoms with E-state index in [1.165, 1.54) is 0 Å². The third-order valence-electron chi connectivity index (χ3n) is 4.18. The molecule has 0 bridgehead atoms. The first kappa shape index (κ1) is 34.9. The molecule has 0 aliphatic heterocycles. The molecule has 12 N–H and O–H groups in total. The average molecular weight is 623 g/mol. The zero-order valence-electron chi connectivity index (χ0n) is 16.9. The van der Waals surface area contributed by atoms with E-state index in [0.717, 1.165) is 0 Å². The van der Waals surface area contributed by atoms with Crippen LogP contribution < -0.4 is 0 Å². The molecule has 3 unspecified atom stereocenters. The fraction of sp³-hybridized carbons (Fsp3) is 1.00. The van der Waals surface area contributed by atoms with Gasteiger partial charge in [-0.15, -0.1) is 0 Å². The highest BCUT2D eigenvalue weighted by Crippen LogP contribution is 2.53. The fourth-order valence-corrected chi connectivity index (χ4v) is 10.5. The van der Waals surface area contributed by atoms with E-state index in [9.17, 15) is 56.8 Å². The van der Waals surface area contributed by atoms with E-state index in [-0.39, 0.29) is 0 Å². The van der Waals surface area contributed by atoms with Crippen molar-refractivity contribution in [2.45, 2.75) is 17.0 Å². The van der Waals surface area contributed by atoms with Crippen molar-refractivity contribution in [2.24, 2.45) is 0 Å². The average Bonchev–Trinajstić information content (AvgIpc) is 2.46. The lowest BCUT2D eigenvalue weighted by molar-refractivity contribution is 0.237. The molecule has 19 nitrogen and oxygen atoms in total. The molecule has 0 saturated heterocycles. The molecule has 206 valence electrons. The summed E-state index contributed by atoms with van der Waals surface area (Å²) in [5.41, 5.74) is -6.89. The molecular weight excluding hydrogens is 596 g/mol. The molecule has 0 aromatic rings.